The minimum Gasteiger partial charge on any atom is -0.336 e. The van der Waals surface area contributed by atoms with Crippen molar-refractivity contribution in [1.82, 2.24) is 15.3 Å². The first-order valence-corrected chi connectivity index (χ1v) is 12.4. The second-order valence-corrected chi connectivity index (χ2v) is 9.92. The molecule has 9 heteroatoms. The Hall–Kier alpha value is -3.30. The van der Waals surface area contributed by atoms with Gasteiger partial charge in [0.15, 0.2) is 10.3 Å². The van der Waals surface area contributed by atoms with Crippen molar-refractivity contribution < 1.29 is 9.59 Å². The highest BCUT2D eigenvalue weighted by Crippen LogP contribution is 2.33. The predicted octanol–water partition coefficient (Wildman–Crippen LogP) is 4.68. The van der Waals surface area contributed by atoms with Crippen LogP contribution in [0.25, 0.3) is 10.2 Å². The third kappa shape index (κ3) is 4.46. The largest absolute Gasteiger partial charge is 0.336 e. The van der Waals surface area contributed by atoms with Gasteiger partial charge in [-0.25, -0.2) is 14.8 Å². The lowest BCUT2D eigenvalue weighted by Gasteiger charge is -2.19. The van der Waals surface area contributed by atoms with Gasteiger partial charge in [-0.15, -0.1) is 11.3 Å². The molecule has 1 fully saturated rings. The van der Waals surface area contributed by atoms with Crippen LogP contribution in [0.5, 0.6) is 0 Å². The van der Waals surface area contributed by atoms with Crippen LogP contribution >= 0.6 is 22.7 Å². The monoisotopic (exact) mass is 477 g/mol. The van der Waals surface area contributed by atoms with Gasteiger partial charge in [0.25, 0.3) is 0 Å². The van der Waals surface area contributed by atoms with Crippen LogP contribution in [0.1, 0.15) is 22.4 Å². The number of nitrogens with zero attached hydrogens (tertiary/aromatic N) is 4. The highest BCUT2D eigenvalue weighted by Gasteiger charge is 2.26. The van der Waals surface area contributed by atoms with E-state index in [2.05, 4.69) is 29.4 Å². The Morgan fingerprint density at radius 1 is 1.18 bits per heavy atom. The van der Waals surface area contributed by atoms with Gasteiger partial charge < -0.3 is 5.32 Å². The number of carbonyl (C=O) groups is 2. The normalized spacial score (nSPS) is 13.5. The molecule has 2 aromatic heterocycles. The number of hydrogen-bond acceptors (Lipinski definition) is 6. The summed E-state index contributed by atoms with van der Waals surface area (Å²) >= 11 is 2.91. The molecule has 3 heterocycles. The van der Waals surface area contributed by atoms with Crippen molar-refractivity contribution >= 4 is 55.1 Å². The summed E-state index contributed by atoms with van der Waals surface area (Å²) in [5, 5.41) is 5.93. The van der Waals surface area contributed by atoms with Crippen molar-refractivity contribution in [2.45, 2.75) is 26.8 Å². The maximum Gasteiger partial charge on any atom is 0.323 e. The molecule has 33 heavy (non-hydrogen) atoms. The molecule has 7 nitrogen and oxygen atoms in total. The van der Waals surface area contributed by atoms with Gasteiger partial charge in [0, 0.05) is 18.5 Å². The number of aryl methyl sites for hydroxylation is 2. The Kier molecular flexibility index (Phi) is 5.82. The summed E-state index contributed by atoms with van der Waals surface area (Å²) in [6.45, 7) is 5.74. The van der Waals surface area contributed by atoms with Gasteiger partial charge in [-0.3, -0.25) is 14.6 Å². The molecule has 0 spiro atoms. The highest BCUT2D eigenvalue weighted by molar-refractivity contribution is 7.22. The van der Waals surface area contributed by atoms with E-state index in [1.165, 1.54) is 28.2 Å². The number of rotatable bonds is 6. The smallest absolute Gasteiger partial charge is 0.323 e. The van der Waals surface area contributed by atoms with E-state index in [0.717, 1.165) is 21.3 Å². The van der Waals surface area contributed by atoms with Crippen LogP contribution in [0.3, 0.4) is 0 Å². The van der Waals surface area contributed by atoms with Crippen molar-refractivity contribution in [3.8, 4) is 0 Å². The van der Waals surface area contributed by atoms with Crippen LogP contribution in [0.15, 0.2) is 47.8 Å². The average molecular weight is 478 g/mol. The van der Waals surface area contributed by atoms with Gasteiger partial charge in [-0.05, 0) is 36.6 Å². The lowest BCUT2D eigenvalue weighted by atomic mass is 10.1. The molecule has 5 rings (SSSR count). The number of aromatic nitrogens is 2. The first-order chi connectivity index (χ1) is 16.0. The van der Waals surface area contributed by atoms with Crippen molar-refractivity contribution in [2.24, 2.45) is 0 Å². The lowest BCUT2D eigenvalue weighted by Crippen LogP contribution is -2.32. The summed E-state index contributed by atoms with van der Waals surface area (Å²) < 4.78 is 1.07. The third-order valence-electron chi connectivity index (χ3n) is 5.49. The molecule has 168 valence electrons. The van der Waals surface area contributed by atoms with Crippen LogP contribution in [0.4, 0.5) is 15.1 Å². The van der Waals surface area contributed by atoms with Gasteiger partial charge in [-0.2, -0.15) is 0 Å². The second-order valence-electron chi connectivity index (χ2n) is 8.07. The van der Waals surface area contributed by atoms with Crippen LogP contribution in [-0.4, -0.2) is 35.0 Å². The lowest BCUT2D eigenvalue weighted by molar-refractivity contribution is -0.118. The molecule has 0 atom stereocenters. The predicted molar refractivity (Wildman–Crippen MR) is 133 cm³/mol. The van der Waals surface area contributed by atoms with Gasteiger partial charge in [0.05, 0.1) is 28.9 Å². The van der Waals surface area contributed by atoms with E-state index in [4.69, 9.17) is 4.98 Å². The zero-order valence-corrected chi connectivity index (χ0v) is 20.0. The fraction of sp³-hybridized carbons (Fsp3) is 0.250. The minimum atomic E-state index is -0.145. The standard InChI is InChI=1S/C24H23N5O2S2/c1-15-10-16(2)21-19(11-15)33-24(27-21)29(13-17-6-4-3-5-7-17)20(30)12-18-14-32-23(26-18)28-9-8-25-22(28)31/h3-7,10-11,14H,8-9,12-13H2,1-2H3,(H,25,31). The van der Waals surface area contributed by atoms with E-state index in [1.54, 1.807) is 9.80 Å². The van der Waals surface area contributed by atoms with Crippen molar-refractivity contribution in [2.75, 3.05) is 22.9 Å². The average Bonchev–Trinajstić information content (AvgIpc) is 3.52. The molecule has 1 aliphatic heterocycles. The van der Waals surface area contributed by atoms with Gasteiger partial charge >= 0.3 is 6.03 Å². The van der Waals surface area contributed by atoms with E-state index < -0.39 is 0 Å². The molecule has 1 N–H and O–H groups in total. The first-order valence-electron chi connectivity index (χ1n) is 10.7. The van der Waals surface area contributed by atoms with E-state index in [0.29, 0.717) is 35.6 Å². The zero-order chi connectivity index (χ0) is 22.9. The second kappa shape index (κ2) is 8.92. The Bertz CT molecular complexity index is 1330. The Labute approximate surface area is 199 Å². The third-order valence-corrected chi connectivity index (χ3v) is 7.43. The summed E-state index contributed by atoms with van der Waals surface area (Å²) in [7, 11) is 0. The molecule has 0 radical (unpaired) electrons. The molecular weight excluding hydrogens is 454 g/mol. The Morgan fingerprint density at radius 2 is 2.00 bits per heavy atom. The zero-order valence-electron chi connectivity index (χ0n) is 18.4. The number of carbonyl (C=O) groups excluding carboxylic acids is 2. The fourth-order valence-corrected chi connectivity index (χ4v) is 5.92. The number of nitrogens with one attached hydrogen (secondary N) is 1. The van der Waals surface area contributed by atoms with Gasteiger partial charge in [0.1, 0.15) is 0 Å². The molecule has 0 bridgehead atoms. The van der Waals surface area contributed by atoms with Crippen LogP contribution in [-0.2, 0) is 17.8 Å². The molecule has 1 aliphatic rings. The quantitative estimate of drug-likeness (QED) is 0.438. The summed E-state index contributed by atoms with van der Waals surface area (Å²) in [6, 6.07) is 14.0. The van der Waals surface area contributed by atoms with Crippen LogP contribution in [0.2, 0.25) is 0 Å². The molecular formula is C24H23N5O2S2. The Morgan fingerprint density at radius 3 is 2.76 bits per heavy atom. The molecule has 0 saturated carbocycles. The van der Waals surface area contributed by atoms with E-state index in [9.17, 15) is 9.59 Å². The molecule has 1 saturated heterocycles. The summed E-state index contributed by atoms with van der Waals surface area (Å²) in [6.07, 6.45) is 0.146. The summed E-state index contributed by atoms with van der Waals surface area (Å²) in [4.78, 5) is 38.2. The fourth-order valence-electron chi connectivity index (χ4n) is 3.91. The summed E-state index contributed by atoms with van der Waals surface area (Å²) in [5.74, 6) is -0.0741. The summed E-state index contributed by atoms with van der Waals surface area (Å²) in [5.41, 5.74) is 4.91. The molecule has 0 unspecified atom stereocenters. The Balaban J connectivity index is 1.44. The van der Waals surface area contributed by atoms with Gasteiger partial charge in [0.2, 0.25) is 5.91 Å². The highest BCUT2D eigenvalue weighted by atomic mass is 32.1. The number of thiazole rings is 2. The first kappa shape index (κ1) is 21.5. The molecule has 3 amide bonds. The van der Waals surface area contributed by atoms with Crippen LogP contribution < -0.4 is 15.1 Å². The number of hydrogen-bond donors (Lipinski definition) is 1. The van der Waals surface area contributed by atoms with Crippen molar-refractivity contribution in [3.63, 3.8) is 0 Å². The molecule has 2 aromatic carbocycles. The number of fused-ring (bicyclic) bond motifs is 1. The maximum absolute atomic E-state index is 13.5. The molecule has 0 aliphatic carbocycles. The number of amides is 3. The number of anilines is 2. The maximum atomic E-state index is 13.5. The van der Waals surface area contributed by atoms with Crippen molar-refractivity contribution in [1.29, 1.82) is 0 Å². The topological polar surface area (TPSA) is 78.4 Å². The number of urea groups is 1. The minimum absolute atomic E-state index is 0.0741. The SMILES string of the molecule is Cc1cc(C)c2nc(N(Cc3ccccc3)C(=O)Cc3csc(N4CCNC4=O)n3)sc2c1. The van der Waals surface area contributed by atoms with Gasteiger partial charge in [-0.1, -0.05) is 47.7 Å². The van der Waals surface area contributed by atoms with Crippen molar-refractivity contribution in [3.05, 3.63) is 70.2 Å². The van der Waals surface area contributed by atoms with E-state index >= 15 is 0 Å². The van der Waals surface area contributed by atoms with Crippen LogP contribution in [0, 0.1) is 13.8 Å². The van der Waals surface area contributed by atoms with E-state index in [1.807, 2.05) is 42.6 Å². The number of benzene rings is 2. The molecule has 4 aromatic rings. The van der Waals surface area contributed by atoms with E-state index in [-0.39, 0.29) is 18.4 Å².